The fourth-order valence-electron chi connectivity index (χ4n) is 1.81. The van der Waals surface area contributed by atoms with Crippen LogP contribution in [-0.2, 0) is 11.2 Å². The Morgan fingerprint density at radius 2 is 2.22 bits per heavy atom. The van der Waals surface area contributed by atoms with Crippen LogP contribution in [0.2, 0.25) is 0 Å². The van der Waals surface area contributed by atoms with Gasteiger partial charge in [-0.2, -0.15) is 16.3 Å². The van der Waals surface area contributed by atoms with Crippen molar-refractivity contribution in [1.29, 1.82) is 0 Å². The topological polar surface area (TPSA) is 113 Å². The van der Waals surface area contributed by atoms with Gasteiger partial charge in [0.25, 0.3) is 5.91 Å². The van der Waals surface area contributed by atoms with Crippen molar-refractivity contribution in [3.05, 3.63) is 46.7 Å². The molecule has 3 rings (SSSR count). The molecular weight excluding hydrogens is 318 g/mol. The first-order valence-corrected chi connectivity index (χ1v) is 7.74. The van der Waals surface area contributed by atoms with Gasteiger partial charge in [-0.05, 0) is 23.6 Å². The van der Waals surface area contributed by atoms with E-state index in [1.165, 1.54) is 0 Å². The second-order valence-corrected chi connectivity index (χ2v) is 5.39. The quantitative estimate of drug-likeness (QED) is 0.614. The Bertz CT molecular complexity index is 779. The number of thiophene rings is 1. The van der Waals surface area contributed by atoms with Crippen molar-refractivity contribution in [2.24, 2.45) is 0 Å². The average Bonchev–Trinajstić information content (AvgIpc) is 3.32. The third-order valence-electron chi connectivity index (χ3n) is 2.97. The highest BCUT2D eigenvalue weighted by atomic mass is 32.1. The van der Waals surface area contributed by atoms with Crippen molar-refractivity contribution in [1.82, 2.24) is 26.0 Å². The molecule has 0 saturated carbocycles. The number of aryl methyl sites for hydroxylation is 1. The zero-order chi connectivity index (χ0) is 16.1. The molecule has 9 heteroatoms. The van der Waals surface area contributed by atoms with Gasteiger partial charge in [-0.25, -0.2) is 0 Å². The van der Waals surface area contributed by atoms with Gasteiger partial charge >= 0.3 is 0 Å². The first kappa shape index (κ1) is 15.0. The Kier molecular flexibility index (Phi) is 4.48. The highest BCUT2D eigenvalue weighted by Gasteiger charge is 2.12. The second kappa shape index (κ2) is 6.88. The summed E-state index contributed by atoms with van der Waals surface area (Å²) in [5.74, 6) is 0.111. The Labute approximate surface area is 134 Å². The van der Waals surface area contributed by atoms with E-state index in [-0.39, 0.29) is 12.3 Å². The monoisotopic (exact) mass is 331 g/mol. The van der Waals surface area contributed by atoms with Crippen LogP contribution in [0.4, 0.5) is 0 Å². The van der Waals surface area contributed by atoms with Crippen LogP contribution in [0, 0.1) is 0 Å². The number of nitrogens with one attached hydrogen (secondary N) is 3. The SMILES string of the molecule is O=C(CCc1nc(-c2ccsc2)no1)NNC(=O)c1ccc[nH]1. The van der Waals surface area contributed by atoms with Crippen molar-refractivity contribution >= 4 is 23.2 Å². The average molecular weight is 331 g/mol. The van der Waals surface area contributed by atoms with Crippen LogP contribution in [0.25, 0.3) is 11.4 Å². The highest BCUT2D eigenvalue weighted by molar-refractivity contribution is 7.08. The van der Waals surface area contributed by atoms with E-state index < -0.39 is 5.91 Å². The molecule has 0 spiro atoms. The minimum Gasteiger partial charge on any atom is -0.357 e. The van der Waals surface area contributed by atoms with Gasteiger partial charge in [0.1, 0.15) is 5.69 Å². The zero-order valence-corrected chi connectivity index (χ0v) is 12.7. The summed E-state index contributed by atoms with van der Waals surface area (Å²) in [6, 6.07) is 5.19. The van der Waals surface area contributed by atoms with Gasteiger partial charge in [0.15, 0.2) is 0 Å². The molecule has 3 aromatic rings. The number of H-pyrrole nitrogens is 1. The fraction of sp³-hybridized carbons (Fsp3) is 0.143. The molecule has 0 aliphatic heterocycles. The molecule has 0 saturated heterocycles. The summed E-state index contributed by atoms with van der Waals surface area (Å²) >= 11 is 1.54. The number of rotatable bonds is 5. The van der Waals surface area contributed by atoms with Gasteiger partial charge in [0.05, 0.1) is 0 Å². The summed E-state index contributed by atoms with van der Waals surface area (Å²) in [6.45, 7) is 0. The summed E-state index contributed by atoms with van der Waals surface area (Å²) in [5, 5.41) is 7.70. The predicted octanol–water partition coefficient (Wildman–Crippen LogP) is 1.52. The summed E-state index contributed by atoms with van der Waals surface area (Å²) in [7, 11) is 0. The van der Waals surface area contributed by atoms with Gasteiger partial charge in [-0.3, -0.25) is 20.4 Å². The number of hydrogen-bond acceptors (Lipinski definition) is 6. The Morgan fingerprint density at radius 3 is 2.96 bits per heavy atom. The van der Waals surface area contributed by atoms with E-state index in [1.807, 2.05) is 16.8 Å². The lowest BCUT2D eigenvalue weighted by atomic mass is 10.3. The van der Waals surface area contributed by atoms with Gasteiger partial charge in [0.2, 0.25) is 17.6 Å². The molecule has 0 aliphatic carbocycles. The third-order valence-corrected chi connectivity index (χ3v) is 3.65. The lowest BCUT2D eigenvalue weighted by Gasteiger charge is -2.05. The molecule has 3 heterocycles. The summed E-state index contributed by atoms with van der Waals surface area (Å²) in [6.07, 6.45) is 2.04. The van der Waals surface area contributed by atoms with Crippen molar-refractivity contribution in [3.63, 3.8) is 0 Å². The molecule has 0 fully saturated rings. The van der Waals surface area contributed by atoms with Crippen LogP contribution in [0.3, 0.4) is 0 Å². The number of aromatic amines is 1. The fourth-order valence-corrected chi connectivity index (χ4v) is 2.45. The molecule has 118 valence electrons. The number of aromatic nitrogens is 3. The molecular formula is C14H13N5O3S. The normalized spacial score (nSPS) is 10.4. The first-order chi connectivity index (χ1) is 11.2. The number of nitrogens with zero attached hydrogens (tertiary/aromatic N) is 2. The van der Waals surface area contributed by atoms with Gasteiger partial charge in [-0.1, -0.05) is 5.16 Å². The van der Waals surface area contributed by atoms with E-state index >= 15 is 0 Å². The Morgan fingerprint density at radius 1 is 1.30 bits per heavy atom. The van der Waals surface area contributed by atoms with Crippen molar-refractivity contribution in [2.75, 3.05) is 0 Å². The molecule has 0 aliphatic rings. The van der Waals surface area contributed by atoms with E-state index in [2.05, 4.69) is 26.0 Å². The maximum Gasteiger partial charge on any atom is 0.286 e. The standard InChI is InChI=1S/C14H13N5O3S/c20-11(17-18-14(21)10-2-1-6-15-10)3-4-12-16-13(19-22-12)9-5-7-23-8-9/h1-2,5-8,15H,3-4H2,(H,17,20)(H,18,21). The second-order valence-electron chi connectivity index (χ2n) is 4.61. The molecule has 0 bridgehead atoms. The van der Waals surface area contributed by atoms with E-state index in [4.69, 9.17) is 4.52 Å². The molecule has 0 unspecified atom stereocenters. The van der Waals surface area contributed by atoms with Gasteiger partial charge in [0, 0.05) is 30.0 Å². The zero-order valence-electron chi connectivity index (χ0n) is 11.9. The van der Waals surface area contributed by atoms with Crippen LogP contribution in [-0.4, -0.2) is 26.9 Å². The number of carbonyl (C=O) groups excluding carboxylic acids is 2. The summed E-state index contributed by atoms with van der Waals surface area (Å²) in [5.41, 5.74) is 5.89. The Hall–Kier alpha value is -2.94. The van der Waals surface area contributed by atoms with Gasteiger partial charge < -0.3 is 9.51 Å². The minimum absolute atomic E-state index is 0.121. The van der Waals surface area contributed by atoms with E-state index in [1.54, 1.807) is 29.7 Å². The molecule has 3 aromatic heterocycles. The highest BCUT2D eigenvalue weighted by Crippen LogP contribution is 2.18. The maximum absolute atomic E-state index is 11.7. The maximum atomic E-state index is 11.7. The third kappa shape index (κ3) is 3.83. The molecule has 0 aromatic carbocycles. The molecule has 23 heavy (non-hydrogen) atoms. The minimum atomic E-state index is -0.416. The van der Waals surface area contributed by atoms with Crippen molar-refractivity contribution in [3.8, 4) is 11.4 Å². The van der Waals surface area contributed by atoms with Crippen LogP contribution in [0.15, 0.2) is 39.7 Å². The summed E-state index contributed by atoms with van der Waals surface area (Å²) < 4.78 is 5.09. The molecule has 3 N–H and O–H groups in total. The van der Waals surface area contributed by atoms with E-state index in [0.717, 1.165) is 5.56 Å². The number of hydrogen-bond donors (Lipinski definition) is 3. The van der Waals surface area contributed by atoms with Crippen molar-refractivity contribution < 1.29 is 14.1 Å². The largest absolute Gasteiger partial charge is 0.357 e. The smallest absolute Gasteiger partial charge is 0.286 e. The van der Waals surface area contributed by atoms with Crippen LogP contribution in [0.5, 0.6) is 0 Å². The lowest BCUT2D eigenvalue weighted by Crippen LogP contribution is -2.41. The first-order valence-electron chi connectivity index (χ1n) is 6.80. The van der Waals surface area contributed by atoms with Crippen LogP contribution in [0.1, 0.15) is 22.8 Å². The number of amides is 2. The molecule has 0 radical (unpaired) electrons. The summed E-state index contributed by atoms with van der Waals surface area (Å²) in [4.78, 5) is 30.3. The number of carbonyl (C=O) groups is 2. The number of hydrazine groups is 1. The van der Waals surface area contributed by atoms with Crippen LogP contribution >= 0.6 is 11.3 Å². The molecule has 0 atom stereocenters. The van der Waals surface area contributed by atoms with Crippen LogP contribution < -0.4 is 10.9 Å². The molecule has 2 amide bonds. The molecule has 8 nitrogen and oxygen atoms in total. The van der Waals surface area contributed by atoms with Gasteiger partial charge in [-0.15, -0.1) is 0 Å². The van der Waals surface area contributed by atoms with E-state index in [0.29, 0.717) is 23.8 Å². The van der Waals surface area contributed by atoms with Crippen molar-refractivity contribution in [2.45, 2.75) is 12.8 Å². The lowest BCUT2D eigenvalue weighted by molar-refractivity contribution is -0.121. The van der Waals surface area contributed by atoms with E-state index in [9.17, 15) is 9.59 Å². The predicted molar refractivity (Wildman–Crippen MR) is 82.3 cm³/mol. The Balaban J connectivity index is 1.45.